The number of hydrogen-bond donors (Lipinski definition) is 2. The van der Waals surface area contributed by atoms with Crippen LogP contribution in [0.4, 0.5) is 5.69 Å². The monoisotopic (exact) mass is 246 g/mol. The first-order chi connectivity index (χ1) is 8.75. The van der Waals surface area contributed by atoms with Crippen molar-refractivity contribution in [1.82, 2.24) is 5.32 Å². The third-order valence-electron chi connectivity index (χ3n) is 4.20. The van der Waals surface area contributed by atoms with Gasteiger partial charge in [-0.3, -0.25) is 0 Å². The fraction of sp³-hybridized carbons (Fsp3) is 0.600. The number of rotatable bonds is 3. The van der Waals surface area contributed by atoms with E-state index < -0.39 is 0 Å². The summed E-state index contributed by atoms with van der Waals surface area (Å²) in [6, 6.07) is 6.80. The molecule has 2 aliphatic rings. The van der Waals surface area contributed by atoms with Gasteiger partial charge in [-0.2, -0.15) is 0 Å². The van der Waals surface area contributed by atoms with Crippen LogP contribution >= 0.6 is 0 Å². The molecule has 1 aromatic rings. The second-order valence-electron chi connectivity index (χ2n) is 5.69. The van der Waals surface area contributed by atoms with Crippen molar-refractivity contribution in [3.63, 3.8) is 0 Å². The zero-order valence-corrected chi connectivity index (χ0v) is 11.1. The fourth-order valence-electron chi connectivity index (χ4n) is 2.76. The first-order valence-corrected chi connectivity index (χ1v) is 6.94. The summed E-state index contributed by atoms with van der Waals surface area (Å²) in [5.74, 6) is 0. The number of ether oxygens (including phenoxy) is 1. The number of fused-ring (bicyclic) bond motifs is 1. The molecule has 2 heterocycles. The van der Waals surface area contributed by atoms with Crippen molar-refractivity contribution in [2.24, 2.45) is 0 Å². The molecule has 0 unspecified atom stereocenters. The van der Waals surface area contributed by atoms with Crippen molar-refractivity contribution < 1.29 is 4.74 Å². The molecule has 0 spiro atoms. The topological polar surface area (TPSA) is 33.3 Å². The molecule has 2 N–H and O–H groups in total. The third kappa shape index (κ3) is 2.52. The van der Waals surface area contributed by atoms with Crippen molar-refractivity contribution in [1.29, 1.82) is 0 Å². The lowest BCUT2D eigenvalue weighted by Crippen LogP contribution is -2.46. The zero-order valence-electron chi connectivity index (χ0n) is 11.1. The van der Waals surface area contributed by atoms with E-state index in [2.05, 4.69) is 35.8 Å². The molecule has 0 atom stereocenters. The van der Waals surface area contributed by atoms with Crippen LogP contribution in [-0.2, 0) is 17.7 Å². The van der Waals surface area contributed by atoms with Crippen LogP contribution in [0.3, 0.4) is 0 Å². The van der Waals surface area contributed by atoms with Gasteiger partial charge in [-0.25, -0.2) is 0 Å². The van der Waals surface area contributed by atoms with Gasteiger partial charge in [-0.15, -0.1) is 0 Å². The lowest BCUT2D eigenvalue weighted by Gasteiger charge is -2.34. The van der Waals surface area contributed by atoms with Crippen molar-refractivity contribution in [3.8, 4) is 0 Å². The highest BCUT2D eigenvalue weighted by atomic mass is 16.5. The second-order valence-corrected chi connectivity index (χ2v) is 5.69. The summed E-state index contributed by atoms with van der Waals surface area (Å²) in [7, 11) is 0. The van der Waals surface area contributed by atoms with Crippen LogP contribution in [-0.4, -0.2) is 25.3 Å². The summed E-state index contributed by atoms with van der Waals surface area (Å²) >= 11 is 0. The quantitative estimate of drug-likeness (QED) is 0.858. The Morgan fingerprint density at radius 1 is 1.33 bits per heavy atom. The van der Waals surface area contributed by atoms with E-state index in [1.165, 1.54) is 16.8 Å². The maximum atomic E-state index is 5.43. The molecule has 0 bridgehead atoms. The van der Waals surface area contributed by atoms with E-state index in [0.717, 1.165) is 45.6 Å². The first-order valence-electron chi connectivity index (χ1n) is 6.94. The molecule has 3 rings (SSSR count). The van der Waals surface area contributed by atoms with E-state index in [1.807, 2.05) is 0 Å². The van der Waals surface area contributed by atoms with Crippen LogP contribution in [0.1, 0.15) is 30.9 Å². The van der Waals surface area contributed by atoms with E-state index >= 15 is 0 Å². The minimum absolute atomic E-state index is 0.241. The molecule has 0 aliphatic carbocycles. The van der Waals surface area contributed by atoms with Gasteiger partial charge in [0.1, 0.15) is 0 Å². The molecule has 1 fully saturated rings. The molecule has 3 heteroatoms. The van der Waals surface area contributed by atoms with Gasteiger partial charge in [0.25, 0.3) is 0 Å². The Labute approximate surface area is 109 Å². The molecule has 2 aliphatic heterocycles. The summed E-state index contributed by atoms with van der Waals surface area (Å²) in [4.78, 5) is 0. The van der Waals surface area contributed by atoms with Gasteiger partial charge >= 0.3 is 0 Å². The van der Waals surface area contributed by atoms with Crippen LogP contribution in [0.15, 0.2) is 18.2 Å². The molecule has 0 radical (unpaired) electrons. The summed E-state index contributed by atoms with van der Waals surface area (Å²) in [5.41, 5.74) is 4.39. The molecular formula is C15H22N2O. The predicted octanol–water partition coefficient (Wildman–Crippen LogP) is 2.31. The van der Waals surface area contributed by atoms with Gasteiger partial charge in [0, 0.05) is 37.5 Å². The molecule has 3 nitrogen and oxygen atoms in total. The fourth-order valence-corrected chi connectivity index (χ4v) is 2.76. The third-order valence-corrected chi connectivity index (χ3v) is 4.20. The Balaban J connectivity index is 1.62. The van der Waals surface area contributed by atoms with Crippen LogP contribution in [0.25, 0.3) is 0 Å². The first kappa shape index (κ1) is 12.0. The molecule has 0 aromatic heterocycles. The maximum Gasteiger partial charge on any atom is 0.0483 e. The lowest BCUT2D eigenvalue weighted by molar-refractivity contribution is 0.0446. The van der Waals surface area contributed by atoms with E-state index in [-0.39, 0.29) is 5.54 Å². The normalized spacial score (nSPS) is 21.4. The minimum atomic E-state index is 0.241. The molecule has 0 amide bonds. The summed E-state index contributed by atoms with van der Waals surface area (Å²) in [6.45, 7) is 6.11. The van der Waals surface area contributed by atoms with Gasteiger partial charge in [0.2, 0.25) is 0 Å². The Hall–Kier alpha value is -1.06. The molecule has 0 saturated carbocycles. The van der Waals surface area contributed by atoms with E-state index in [0.29, 0.717) is 0 Å². The van der Waals surface area contributed by atoms with Crippen LogP contribution in [0, 0.1) is 0 Å². The van der Waals surface area contributed by atoms with Crippen molar-refractivity contribution in [2.75, 3.05) is 25.1 Å². The van der Waals surface area contributed by atoms with Crippen molar-refractivity contribution >= 4 is 5.69 Å². The largest absolute Gasteiger partial charge is 0.384 e. The smallest absolute Gasteiger partial charge is 0.0483 e. The average Bonchev–Trinajstić information content (AvgIpc) is 2.85. The zero-order chi connectivity index (χ0) is 12.4. The predicted molar refractivity (Wildman–Crippen MR) is 73.9 cm³/mol. The van der Waals surface area contributed by atoms with Gasteiger partial charge in [0.15, 0.2) is 0 Å². The Morgan fingerprint density at radius 2 is 2.17 bits per heavy atom. The summed E-state index contributed by atoms with van der Waals surface area (Å²) in [5, 5.41) is 7.14. The minimum Gasteiger partial charge on any atom is -0.384 e. The van der Waals surface area contributed by atoms with Crippen molar-refractivity contribution in [2.45, 2.75) is 38.3 Å². The number of nitrogens with one attached hydrogen (secondary N) is 2. The molecule has 98 valence electrons. The highest BCUT2D eigenvalue weighted by Crippen LogP contribution is 2.24. The van der Waals surface area contributed by atoms with E-state index in [4.69, 9.17) is 4.74 Å². The van der Waals surface area contributed by atoms with Gasteiger partial charge in [0.05, 0.1) is 0 Å². The SMILES string of the molecule is CC1(NCc2ccc3c(c2)NCC3)CCOCC1. The van der Waals surface area contributed by atoms with E-state index in [9.17, 15) is 0 Å². The maximum absolute atomic E-state index is 5.43. The molecular weight excluding hydrogens is 224 g/mol. The van der Waals surface area contributed by atoms with Crippen LogP contribution in [0.2, 0.25) is 0 Å². The number of hydrogen-bond acceptors (Lipinski definition) is 3. The second kappa shape index (κ2) is 4.90. The summed E-state index contributed by atoms with van der Waals surface area (Å²) in [6.07, 6.45) is 3.38. The molecule has 1 aromatic carbocycles. The summed E-state index contributed by atoms with van der Waals surface area (Å²) < 4.78 is 5.43. The lowest BCUT2D eigenvalue weighted by atomic mass is 9.92. The highest BCUT2D eigenvalue weighted by Gasteiger charge is 2.26. The Morgan fingerprint density at radius 3 is 3.00 bits per heavy atom. The molecule has 1 saturated heterocycles. The Kier molecular flexibility index (Phi) is 3.27. The standard InChI is InChI=1S/C15H22N2O/c1-15(5-8-18-9-6-15)17-11-12-2-3-13-4-7-16-14(13)10-12/h2-3,10,16-17H,4-9,11H2,1H3. The number of benzene rings is 1. The van der Waals surface area contributed by atoms with Gasteiger partial charge in [-0.05, 0) is 43.4 Å². The molecule has 18 heavy (non-hydrogen) atoms. The van der Waals surface area contributed by atoms with Gasteiger partial charge in [-0.1, -0.05) is 12.1 Å². The van der Waals surface area contributed by atoms with Crippen molar-refractivity contribution in [3.05, 3.63) is 29.3 Å². The Bertz CT molecular complexity index is 425. The van der Waals surface area contributed by atoms with Crippen LogP contribution in [0.5, 0.6) is 0 Å². The average molecular weight is 246 g/mol. The number of anilines is 1. The van der Waals surface area contributed by atoms with Crippen LogP contribution < -0.4 is 10.6 Å². The highest BCUT2D eigenvalue weighted by molar-refractivity contribution is 5.57. The van der Waals surface area contributed by atoms with Gasteiger partial charge < -0.3 is 15.4 Å². The van der Waals surface area contributed by atoms with E-state index in [1.54, 1.807) is 0 Å².